The zero-order valence-corrected chi connectivity index (χ0v) is 13.5. The quantitative estimate of drug-likeness (QED) is 0.743. The van der Waals surface area contributed by atoms with E-state index in [1.807, 2.05) is 37.3 Å². The maximum atomic E-state index is 9.33. The van der Waals surface area contributed by atoms with E-state index in [2.05, 4.69) is 11.1 Å². The van der Waals surface area contributed by atoms with Gasteiger partial charge >= 0.3 is 0 Å². The van der Waals surface area contributed by atoms with Crippen molar-refractivity contribution < 1.29 is 9.47 Å². The Bertz CT molecular complexity index is 945. The summed E-state index contributed by atoms with van der Waals surface area (Å²) in [5, 5.41) is 10.3. The highest BCUT2D eigenvalue weighted by Crippen LogP contribution is 2.28. The highest BCUT2D eigenvalue weighted by atomic mass is 16.5. The molecule has 0 radical (unpaired) electrons. The normalized spacial score (nSPS) is 10.4. The molecule has 24 heavy (non-hydrogen) atoms. The molecule has 0 aliphatic heterocycles. The summed E-state index contributed by atoms with van der Waals surface area (Å²) >= 11 is 0. The number of hydrogen-bond acceptors (Lipinski definition) is 5. The Morgan fingerprint density at radius 1 is 1.17 bits per heavy atom. The van der Waals surface area contributed by atoms with Crippen LogP contribution >= 0.6 is 0 Å². The van der Waals surface area contributed by atoms with Gasteiger partial charge in [-0.2, -0.15) is 5.26 Å². The predicted octanol–water partition coefficient (Wildman–Crippen LogP) is 3.58. The number of nitrogens with two attached hydrogens (primary N) is 1. The van der Waals surface area contributed by atoms with Crippen molar-refractivity contribution in [3.63, 3.8) is 0 Å². The molecule has 3 aromatic rings. The van der Waals surface area contributed by atoms with Gasteiger partial charge < -0.3 is 15.2 Å². The van der Waals surface area contributed by atoms with Gasteiger partial charge in [0.05, 0.1) is 29.4 Å². The molecule has 0 unspecified atom stereocenters. The van der Waals surface area contributed by atoms with Gasteiger partial charge in [-0.1, -0.05) is 6.07 Å². The fraction of sp³-hybridized carbons (Fsp3) is 0.158. The van der Waals surface area contributed by atoms with Gasteiger partial charge in [0.25, 0.3) is 0 Å². The minimum atomic E-state index is 0.196. The van der Waals surface area contributed by atoms with Gasteiger partial charge in [0, 0.05) is 11.1 Å². The van der Waals surface area contributed by atoms with Crippen LogP contribution in [0.5, 0.6) is 11.5 Å². The van der Waals surface area contributed by atoms with Crippen LogP contribution in [0, 0.1) is 18.3 Å². The third-order valence-corrected chi connectivity index (χ3v) is 3.82. The van der Waals surface area contributed by atoms with E-state index in [0.29, 0.717) is 28.3 Å². The van der Waals surface area contributed by atoms with E-state index in [1.165, 1.54) is 0 Å². The molecule has 0 bridgehead atoms. The molecule has 1 heterocycles. The first-order valence-corrected chi connectivity index (χ1v) is 7.48. The Morgan fingerprint density at radius 3 is 2.75 bits per heavy atom. The van der Waals surface area contributed by atoms with Crippen molar-refractivity contribution in [2.24, 2.45) is 0 Å². The van der Waals surface area contributed by atoms with E-state index in [-0.39, 0.29) is 6.61 Å². The van der Waals surface area contributed by atoms with Gasteiger partial charge in [0.15, 0.2) is 0 Å². The molecule has 0 aliphatic rings. The molecule has 0 fully saturated rings. The van der Waals surface area contributed by atoms with E-state index >= 15 is 0 Å². The number of hydrogen-bond donors (Lipinski definition) is 1. The average molecular weight is 319 g/mol. The number of nitrogens with zero attached hydrogens (tertiary/aromatic N) is 2. The van der Waals surface area contributed by atoms with Crippen LogP contribution < -0.4 is 15.2 Å². The summed E-state index contributed by atoms with van der Waals surface area (Å²) in [4.78, 5) is 4.47. The molecule has 0 atom stereocenters. The minimum Gasteiger partial charge on any atom is -0.496 e. The van der Waals surface area contributed by atoms with Crippen molar-refractivity contribution >= 4 is 16.6 Å². The summed E-state index contributed by atoms with van der Waals surface area (Å²) < 4.78 is 11.2. The van der Waals surface area contributed by atoms with Crippen LogP contribution in [0.2, 0.25) is 0 Å². The van der Waals surface area contributed by atoms with E-state index in [9.17, 15) is 5.26 Å². The second kappa shape index (κ2) is 6.47. The van der Waals surface area contributed by atoms with Crippen molar-refractivity contribution in [1.29, 1.82) is 5.26 Å². The third kappa shape index (κ3) is 2.95. The number of aryl methyl sites for hydroxylation is 1. The van der Waals surface area contributed by atoms with E-state index < -0.39 is 0 Å². The van der Waals surface area contributed by atoms with Gasteiger partial charge in [0.1, 0.15) is 24.2 Å². The molecule has 2 aromatic carbocycles. The molecule has 0 amide bonds. The molecular formula is C19H17N3O2. The number of methoxy groups -OCH3 is 1. The Hall–Kier alpha value is -3.26. The van der Waals surface area contributed by atoms with Gasteiger partial charge in [-0.3, -0.25) is 4.98 Å². The molecule has 1 aromatic heterocycles. The highest BCUT2D eigenvalue weighted by Gasteiger charge is 2.13. The van der Waals surface area contributed by atoms with Gasteiger partial charge in [-0.05, 0) is 43.3 Å². The second-order valence-corrected chi connectivity index (χ2v) is 5.42. The van der Waals surface area contributed by atoms with E-state index in [4.69, 9.17) is 15.2 Å². The smallest absolute Gasteiger partial charge is 0.126 e. The topological polar surface area (TPSA) is 81.2 Å². The summed E-state index contributed by atoms with van der Waals surface area (Å²) in [6.45, 7) is 2.15. The Labute approximate surface area is 140 Å². The number of pyridine rings is 1. The van der Waals surface area contributed by atoms with Gasteiger partial charge in [-0.25, -0.2) is 0 Å². The molecule has 3 rings (SSSR count). The number of aromatic nitrogens is 1. The van der Waals surface area contributed by atoms with Gasteiger partial charge in [-0.15, -0.1) is 0 Å². The lowest BCUT2D eigenvalue weighted by molar-refractivity contribution is 0.297. The van der Waals surface area contributed by atoms with Crippen LogP contribution in [0.4, 0.5) is 5.69 Å². The molecule has 0 aliphatic carbocycles. The highest BCUT2D eigenvalue weighted by molar-refractivity contribution is 5.80. The first kappa shape index (κ1) is 15.6. The maximum Gasteiger partial charge on any atom is 0.126 e. The fourth-order valence-electron chi connectivity index (χ4n) is 2.56. The fourth-order valence-corrected chi connectivity index (χ4v) is 2.56. The number of fused-ring (bicyclic) bond motifs is 1. The largest absolute Gasteiger partial charge is 0.496 e. The summed E-state index contributed by atoms with van der Waals surface area (Å²) in [5.74, 6) is 1.28. The van der Waals surface area contributed by atoms with E-state index in [0.717, 1.165) is 16.6 Å². The van der Waals surface area contributed by atoms with Crippen molar-refractivity contribution in [2.45, 2.75) is 13.5 Å². The number of anilines is 1. The van der Waals surface area contributed by atoms with Crippen LogP contribution in [-0.4, -0.2) is 12.1 Å². The Kier molecular flexibility index (Phi) is 4.21. The summed E-state index contributed by atoms with van der Waals surface area (Å²) in [5.41, 5.74) is 9.20. The Morgan fingerprint density at radius 2 is 2.00 bits per heavy atom. The van der Waals surface area contributed by atoms with Crippen molar-refractivity contribution in [3.8, 4) is 17.6 Å². The number of nitrogen functional groups attached to an aromatic ring is 1. The molecule has 0 saturated carbocycles. The zero-order chi connectivity index (χ0) is 17.1. The summed E-state index contributed by atoms with van der Waals surface area (Å²) in [7, 11) is 1.56. The molecule has 5 heteroatoms. The number of benzene rings is 2. The van der Waals surface area contributed by atoms with Crippen LogP contribution in [0.25, 0.3) is 10.9 Å². The van der Waals surface area contributed by atoms with Crippen LogP contribution in [0.3, 0.4) is 0 Å². The van der Waals surface area contributed by atoms with Crippen molar-refractivity contribution in [1.82, 2.24) is 4.98 Å². The summed E-state index contributed by atoms with van der Waals surface area (Å²) in [6, 6.07) is 15.2. The minimum absolute atomic E-state index is 0.196. The van der Waals surface area contributed by atoms with E-state index in [1.54, 1.807) is 19.2 Å². The molecule has 5 nitrogen and oxygen atoms in total. The van der Waals surface area contributed by atoms with Crippen molar-refractivity contribution in [2.75, 3.05) is 12.8 Å². The monoisotopic (exact) mass is 319 g/mol. The lowest BCUT2D eigenvalue weighted by atomic mass is 10.1. The summed E-state index contributed by atoms with van der Waals surface area (Å²) in [6.07, 6.45) is 0. The molecule has 0 spiro atoms. The second-order valence-electron chi connectivity index (χ2n) is 5.42. The lowest BCUT2D eigenvalue weighted by Crippen LogP contribution is -2.04. The molecular weight excluding hydrogens is 302 g/mol. The lowest BCUT2D eigenvalue weighted by Gasteiger charge is -2.13. The van der Waals surface area contributed by atoms with Gasteiger partial charge in [0.2, 0.25) is 0 Å². The third-order valence-electron chi connectivity index (χ3n) is 3.82. The van der Waals surface area contributed by atoms with Crippen LogP contribution in [-0.2, 0) is 6.61 Å². The molecule has 0 saturated heterocycles. The molecule has 120 valence electrons. The number of rotatable bonds is 4. The standard InChI is InChI=1S/C19H17N3O2/c1-12-3-4-13-9-14(5-7-18(13)22-12)24-11-16-15(10-20)17(21)6-8-19(16)23-2/h3-9H,11,21H2,1-2H3. The zero-order valence-electron chi connectivity index (χ0n) is 13.5. The molecule has 2 N–H and O–H groups in total. The average Bonchev–Trinajstić information content (AvgIpc) is 2.59. The maximum absolute atomic E-state index is 9.33. The van der Waals surface area contributed by atoms with Crippen molar-refractivity contribution in [3.05, 3.63) is 59.3 Å². The van der Waals surface area contributed by atoms with Crippen LogP contribution in [0.15, 0.2) is 42.5 Å². The number of ether oxygens (including phenoxy) is 2. The first-order valence-electron chi connectivity index (χ1n) is 7.48. The predicted molar refractivity (Wildman–Crippen MR) is 92.9 cm³/mol. The number of nitriles is 1. The first-order chi connectivity index (χ1) is 11.6. The SMILES string of the molecule is COc1ccc(N)c(C#N)c1COc1ccc2nc(C)ccc2c1. The van der Waals surface area contributed by atoms with Crippen LogP contribution in [0.1, 0.15) is 16.8 Å². The Balaban J connectivity index is 1.90.